The van der Waals surface area contributed by atoms with Crippen LogP contribution in [0.3, 0.4) is 0 Å². The van der Waals surface area contributed by atoms with Gasteiger partial charge in [0.15, 0.2) is 5.11 Å². The van der Waals surface area contributed by atoms with Gasteiger partial charge in [-0.2, -0.15) is 0 Å². The second-order valence-corrected chi connectivity index (χ2v) is 7.93. The van der Waals surface area contributed by atoms with Gasteiger partial charge in [-0.05, 0) is 49.2 Å². The number of nitrogens with one attached hydrogen (secondary N) is 2. The molecule has 0 bridgehead atoms. The van der Waals surface area contributed by atoms with E-state index in [9.17, 15) is 4.79 Å². The molecule has 2 N–H and O–H groups in total. The molecule has 2 rings (SSSR count). The Bertz CT molecular complexity index is 586. The zero-order chi connectivity index (χ0) is 17.5. The Morgan fingerprint density at radius 3 is 2.71 bits per heavy atom. The van der Waals surface area contributed by atoms with E-state index in [2.05, 4.69) is 40.4 Å². The van der Waals surface area contributed by atoms with Gasteiger partial charge >= 0.3 is 0 Å². The fourth-order valence-electron chi connectivity index (χ4n) is 2.70. The maximum atomic E-state index is 12.6. The van der Waals surface area contributed by atoms with E-state index in [1.54, 1.807) is 12.1 Å². The largest absolute Gasteiger partial charge is 0.492 e. The zero-order valence-electron chi connectivity index (χ0n) is 14.2. The van der Waals surface area contributed by atoms with Gasteiger partial charge in [-0.15, -0.1) is 0 Å². The normalized spacial score (nSPS) is 15.2. The third kappa shape index (κ3) is 6.06. The Balaban J connectivity index is 1.99. The van der Waals surface area contributed by atoms with Crippen LogP contribution in [-0.4, -0.2) is 23.7 Å². The van der Waals surface area contributed by atoms with Crippen molar-refractivity contribution in [2.24, 2.45) is 5.92 Å². The molecule has 1 aromatic rings. The lowest BCUT2D eigenvalue weighted by molar-refractivity contribution is 0.0971. The molecular formula is C18H25BrN2O2S. The molecule has 1 aliphatic rings. The molecule has 24 heavy (non-hydrogen) atoms. The lowest BCUT2D eigenvalue weighted by Gasteiger charge is -2.24. The Morgan fingerprint density at radius 2 is 2.04 bits per heavy atom. The smallest absolute Gasteiger partial charge is 0.261 e. The summed E-state index contributed by atoms with van der Waals surface area (Å²) in [5.74, 6) is 0.715. The van der Waals surface area contributed by atoms with Gasteiger partial charge in [0, 0.05) is 10.5 Å². The van der Waals surface area contributed by atoms with E-state index in [0.29, 0.717) is 35.0 Å². The lowest BCUT2D eigenvalue weighted by atomic mass is 9.96. The first-order chi connectivity index (χ1) is 11.5. The number of carbonyl (C=O) groups is 1. The van der Waals surface area contributed by atoms with E-state index in [1.807, 2.05) is 6.07 Å². The number of rotatable bonds is 5. The molecule has 0 unspecified atom stereocenters. The molecule has 1 aliphatic carbocycles. The van der Waals surface area contributed by atoms with E-state index in [0.717, 1.165) is 17.3 Å². The quantitative estimate of drug-likeness (QED) is 0.702. The number of halogens is 1. The van der Waals surface area contributed by atoms with Crippen LogP contribution in [0.5, 0.6) is 5.75 Å². The summed E-state index contributed by atoms with van der Waals surface area (Å²) in [7, 11) is 0. The SMILES string of the molecule is CC(C)COc1ccc(Br)cc1C(=O)NC(=S)NC1CCCCC1. The van der Waals surface area contributed by atoms with Crippen LogP contribution in [0.4, 0.5) is 0 Å². The number of carbonyl (C=O) groups excluding carboxylic acids is 1. The van der Waals surface area contributed by atoms with Gasteiger partial charge in [0.25, 0.3) is 5.91 Å². The van der Waals surface area contributed by atoms with Crippen molar-refractivity contribution in [2.45, 2.75) is 52.0 Å². The van der Waals surface area contributed by atoms with E-state index in [4.69, 9.17) is 17.0 Å². The Kier molecular flexibility index (Phi) is 7.49. The van der Waals surface area contributed by atoms with Crippen molar-refractivity contribution in [1.29, 1.82) is 0 Å². The minimum atomic E-state index is -0.247. The van der Waals surface area contributed by atoms with Crippen LogP contribution in [0.1, 0.15) is 56.3 Å². The van der Waals surface area contributed by atoms with Gasteiger partial charge < -0.3 is 10.1 Å². The first-order valence-corrected chi connectivity index (χ1v) is 9.70. The van der Waals surface area contributed by atoms with Crippen LogP contribution in [-0.2, 0) is 0 Å². The number of amides is 1. The van der Waals surface area contributed by atoms with Gasteiger partial charge in [0.1, 0.15) is 5.75 Å². The summed E-state index contributed by atoms with van der Waals surface area (Å²) in [6.45, 7) is 4.70. The minimum absolute atomic E-state index is 0.247. The average molecular weight is 413 g/mol. The highest BCUT2D eigenvalue weighted by Crippen LogP contribution is 2.24. The molecule has 1 fully saturated rings. The van der Waals surface area contributed by atoms with Crippen LogP contribution >= 0.6 is 28.1 Å². The molecular weight excluding hydrogens is 388 g/mol. The van der Waals surface area contributed by atoms with Gasteiger partial charge in [0.05, 0.1) is 12.2 Å². The summed E-state index contributed by atoms with van der Waals surface area (Å²) < 4.78 is 6.59. The Labute approximate surface area is 157 Å². The molecule has 0 saturated heterocycles. The van der Waals surface area contributed by atoms with Gasteiger partial charge in [0.2, 0.25) is 0 Å². The molecule has 0 aromatic heterocycles. The third-order valence-electron chi connectivity index (χ3n) is 3.93. The topological polar surface area (TPSA) is 50.4 Å². The zero-order valence-corrected chi connectivity index (χ0v) is 16.6. The Morgan fingerprint density at radius 1 is 1.33 bits per heavy atom. The van der Waals surface area contributed by atoms with E-state index >= 15 is 0 Å². The molecule has 1 amide bonds. The number of benzene rings is 1. The highest BCUT2D eigenvalue weighted by Gasteiger charge is 2.18. The molecule has 132 valence electrons. The van der Waals surface area contributed by atoms with Crippen molar-refractivity contribution < 1.29 is 9.53 Å². The monoisotopic (exact) mass is 412 g/mol. The van der Waals surface area contributed by atoms with Crippen LogP contribution in [0, 0.1) is 5.92 Å². The van der Waals surface area contributed by atoms with Crippen LogP contribution < -0.4 is 15.4 Å². The molecule has 1 aromatic carbocycles. The minimum Gasteiger partial charge on any atom is -0.492 e. The first-order valence-electron chi connectivity index (χ1n) is 8.50. The fraction of sp³-hybridized carbons (Fsp3) is 0.556. The Hall–Kier alpha value is -1.14. The average Bonchev–Trinajstić information content (AvgIpc) is 2.54. The summed E-state index contributed by atoms with van der Waals surface area (Å²) in [5, 5.41) is 6.42. The molecule has 0 heterocycles. The molecule has 0 aliphatic heterocycles. The molecule has 0 atom stereocenters. The van der Waals surface area contributed by atoms with E-state index in [1.165, 1.54) is 19.3 Å². The summed E-state index contributed by atoms with van der Waals surface area (Å²) in [6, 6.07) is 5.80. The van der Waals surface area contributed by atoms with Crippen LogP contribution in [0.2, 0.25) is 0 Å². The highest BCUT2D eigenvalue weighted by molar-refractivity contribution is 9.10. The number of ether oxygens (including phenoxy) is 1. The molecule has 6 heteroatoms. The number of hydrogen-bond acceptors (Lipinski definition) is 3. The van der Waals surface area contributed by atoms with Crippen molar-refractivity contribution >= 4 is 39.2 Å². The van der Waals surface area contributed by atoms with Gasteiger partial charge in [-0.3, -0.25) is 10.1 Å². The van der Waals surface area contributed by atoms with Gasteiger partial charge in [-0.1, -0.05) is 49.0 Å². The van der Waals surface area contributed by atoms with E-state index in [-0.39, 0.29) is 5.91 Å². The van der Waals surface area contributed by atoms with Crippen molar-refractivity contribution in [3.63, 3.8) is 0 Å². The molecule has 0 spiro atoms. The summed E-state index contributed by atoms with van der Waals surface area (Å²) >= 11 is 8.70. The molecule has 4 nitrogen and oxygen atoms in total. The summed E-state index contributed by atoms with van der Waals surface area (Å²) in [4.78, 5) is 12.6. The first kappa shape index (κ1) is 19.2. The van der Waals surface area contributed by atoms with Crippen LogP contribution in [0.15, 0.2) is 22.7 Å². The van der Waals surface area contributed by atoms with Crippen molar-refractivity contribution in [2.75, 3.05) is 6.61 Å². The van der Waals surface area contributed by atoms with Gasteiger partial charge in [-0.25, -0.2) is 0 Å². The highest BCUT2D eigenvalue weighted by atomic mass is 79.9. The standard InChI is InChI=1S/C18H25BrN2O2S/c1-12(2)11-23-16-9-8-13(19)10-15(16)17(22)21-18(24)20-14-6-4-3-5-7-14/h8-10,12,14H,3-7,11H2,1-2H3,(H2,20,21,22,24). The third-order valence-corrected chi connectivity index (χ3v) is 4.64. The number of thiocarbonyl (C=S) groups is 1. The second-order valence-electron chi connectivity index (χ2n) is 6.61. The lowest BCUT2D eigenvalue weighted by Crippen LogP contribution is -2.45. The predicted molar refractivity (Wildman–Crippen MR) is 105 cm³/mol. The molecule has 0 radical (unpaired) electrons. The fourth-order valence-corrected chi connectivity index (χ4v) is 3.32. The number of hydrogen-bond donors (Lipinski definition) is 2. The second kappa shape index (κ2) is 9.37. The summed E-state index contributed by atoms with van der Waals surface area (Å²) in [5.41, 5.74) is 0.484. The maximum absolute atomic E-state index is 12.6. The van der Waals surface area contributed by atoms with Crippen molar-refractivity contribution in [3.8, 4) is 5.75 Å². The summed E-state index contributed by atoms with van der Waals surface area (Å²) in [6.07, 6.45) is 5.93. The molecule has 1 saturated carbocycles. The van der Waals surface area contributed by atoms with Crippen LogP contribution in [0.25, 0.3) is 0 Å². The van der Waals surface area contributed by atoms with Crippen molar-refractivity contribution in [3.05, 3.63) is 28.2 Å². The maximum Gasteiger partial charge on any atom is 0.261 e. The van der Waals surface area contributed by atoms with E-state index < -0.39 is 0 Å². The van der Waals surface area contributed by atoms with Crippen molar-refractivity contribution in [1.82, 2.24) is 10.6 Å². The predicted octanol–water partition coefficient (Wildman–Crippen LogP) is 4.42.